The van der Waals surface area contributed by atoms with E-state index in [0.717, 1.165) is 5.69 Å². The Morgan fingerprint density at radius 1 is 1.09 bits per heavy atom. The lowest BCUT2D eigenvalue weighted by molar-refractivity contribution is -0.385. The molecule has 2 aromatic carbocycles. The Morgan fingerprint density at radius 2 is 1.91 bits per heavy atom. The zero-order valence-electron chi connectivity index (χ0n) is 18.5. The van der Waals surface area contributed by atoms with E-state index in [1.54, 1.807) is 42.9 Å². The number of aryl methyl sites for hydroxylation is 2. The third kappa shape index (κ3) is 4.08. The number of fused-ring (bicyclic) bond motifs is 1. The lowest BCUT2D eigenvalue weighted by Crippen LogP contribution is -2.16. The van der Waals surface area contributed by atoms with Gasteiger partial charge in [0.05, 0.1) is 27.9 Å². The molecule has 11 nitrogen and oxygen atoms in total. The second kappa shape index (κ2) is 8.61. The minimum atomic E-state index is -0.519. The Bertz CT molecular complexity index is 1620. The molecule has 5 rings (SSSR count). The molecule has 0 atom stereocenters. The Balaban J connectivity index is 1.55. The zero-order valence-corrected chi connectivity index (χ0v) is 19.3. The molecule has 0 aliphatic carbocycles. The number of carbonyl (C=O) groups is 1. The molecule has 0 aliphatic rings. The summed E-state index contributed by atoms with van der Waals surface area (Å²) in [4.78, 5) is 32.4. The van der Waals surface area contributed by atoms with Crippen molar-refractivity contribution >= 4 is 40.0 Å². The predicted octanol–water partition coefficient (Wildman–Crippen LogP) is 4.43. The molecule has 5 aromatic rings. The number of carbonyl (C=O) groups excluding carboxylic acids is 1. The summed E-state index contributed by atoms with van der Waals surface area (Å²) in [5.74, 6) is 0.224. The second-order valence-corrected chi connectivity index (χ2v) is 8.20. The summed E-state index contributed by atoms with van der Waals surface area (Å²) < 4.78 is 3.11. The molecule has 35 heavy (non-hydrogen) atoms. The van der Waals surface area contributed by atoms with Gasteiger partial charge in [0.15, 0.2) is 11.5 Å². The molecular formula is C23H17ClN8O3. The van der Waals surface area contributed by atoms with Gasteiger partial charge < -0.3 is 5.32 Å². The first-order chi connectivity index (χ1) is 16.8. The zero-order chi connectivity index (χ0) is 24.7. The van der Waals surface area contributed by atoms with Crippen molar-refractivity contribution in [3.05, 3.63) is 93.0 Å². The largest absolute Gasteiger partial charge is 0.306 e. The Hall–Kier alpha value is -4.64. The molecular weight excluding hydrogens is 472 g/mol. The van der Waals surface area contributed by atoms with Crippen LogP contribution in [0.1, 0.15) is 21.6 Å². The molecule has 0 unspecified atom stereocenters. The van der Waals surface area contributed by atoms with E-state index in [1.165, 1.54) is 29.2 Å². The smallest absolute Gasteiger partial charge is 0.273 e. The van der Waals surface area contributed by atoms with Gasteiger partial charge in [-0.05, 0) is 38.1 Å². The van der Waals surface area contributed by atoms with Gasteiger partial charge in [0, 0.05) is 28.3 Å². The Morgan fingerprint density at radius 3 is 2.69 bits per heavy atom. The number of hydrogen-bond donors (Lipinski definition) is 1. The average Bonchev–Trinajstić information content (AvgIpc) is 3.42. The van der Waals surface area contributed by atoms with Gasteiger partial charge in [-0.3, -0.25) is 14.9 Å². The fourth-order valence-corrected chi connectivity index (χ4v) is 3.87. The number of amides is 1. The van der Waals surface area contributed by atoms with Gasteiger partial charge >= 0.3 is 0 Å². The highest BCUT2D eigenvalue weighted by molar-refractivity contribution is 6.30. The topological polar surface area (TPSA) is 134 Å². The van der Waals surface area contributed by atoms with Crippen LogP contribution >= 0.6 is 11.6 Å². The van der Waals surface area contributed by atoms with Crippen LogP contribution in [0.4, 0.5) is 11.5 Å². The Kier molecular flexibility index (Phi) is 5.46. The van der Waals surface area contributed by atoms with Crippen LogP contribution in [-0.2, 0) is 0 Å². The second-order valence-electron chi connectivity index (χ2n) is 7.77. The maximum Gasteiger partial charge on any atom is 0.273 e. The van der Waals surface area contributed by atoms with Gasteiger partial charge in [-0.2, -0.15) is 14.9 Å². The summed E-state index contributed by atoms with van der Waals surface area (Å²) >= 11 is 6.13. The first kappa shape index (κ1) is 22.2. The van der Waals surface area contributed by atoms with E-state index in [2.05, 4.69) is 25.5 Å². The van der Waals surface area contributed by atoms with Gasteiger partial charge in [-0.15, -0.1) is 0 Å². The summed E-state index contributed by atoms with van der Waals surface area (Å²) in [6.07, 6.45) is 2.99. The lowest BCUT2D eigenvalue weighted by Gasteiger charge is -2.09. The molecule has 0 saturated carbocycles. The number of anilines is 1. The van der Waals surface area contributed by atoms with E-state index in [9.17, 15) is 14.9 Å². The van der Waals surface area contributed by atoms with Crippen molar-refractivity contribution in [2.75, 3.05) is 5.32 Å². The van der Waals surface area contributed by atoms with Crippen molar-refractivity contribution in [1.29, 1.82) is 0 Å². The molecule has 0 bridgehead atoms. The van der Waals surface area contributed by atoms with Crippen LogP contribution in [0, 0.1) is 24.0 Å². The standard InChI is InChI=1S/C23H17ClN8O3/c1-13-6-7-15(9-19(13)32(34)35)23(33)28-20-8-14(2)29-31(20)22-18-11-27-30(21(18)25-12-26-22)17-5-3-4-16(24)10-17/h3-12H,1-2H3,(H,28,33). The number of nitrogens with one attached hydrogen (secondary N) is 1. The molecule has 0 saturated heterocycles. The summed E-state index contributed by atoms with van der Waals surface area (Å²) in [6.45, 7) is 3.39. The van der Waals surface area contributed by atoms with Crippen molar-refractivity contribution in [3.8, 4) is 11.5 Å². The molecule has 0 fully saturated rings. The fourth-order valence-electron chi connectivity index (χ4n) is 3.68. The summed E-state index contributed by atoms with van der Waals surface area (Å²) in [7, 11) is 0. The van der Waals surface area contributed by atoms with Crippen molar-refractivity contribution in [2.45, 2.75) is 13.8 Å². The highest BCUT2D eigenvalue weighted by atomic mass is 35.5. The van der Waals surface area contributed by atoms with Crippen LogP contribution in [0.3, 0.4) is 0 Å². The molecule has 0 aliphatic heterocycles. The lowest BCUT2D eigenvalue weighted by atomic mass is 10.1. The van der Waals surface area contributed by atoms with E-state index in [1.807, 2.05) is 12.1 Å². The van der Waals surface area contributed by atoms with Crippen LogP contribution in [0.15, 0.2) is 61.1 Å². The minimum absolute atomic E-state index is 0.131. The van der Waals surface area contributed by atoms with Gasteiger partial charge in [0.1, 0.15) is 12.1 Å². The number of nitro groups is 1. The third-order valence-corrected chi connectivity index (χ3v) is 5.57. The maximum absolute atomic E-state index is 12.9. The number of halogens is 1. The third-order valence-electron chi connectivity index (χ3n) is 5.34. The summed E-state index contributed by atoms with van der Waals surface area (Å²) in [5, 5.41) is 24.1. The number of benzene rings is 2. The highest BCUT2D eigenvalue weighted by Crippen LogP contribution is 2.26. The SMILES string of the molecule is Cc1cc(NC(=O)c2ccc(C)c([N+](=O)[O-])c2)n(-c2ncnc3c2cnn3-c2cccc(Cl)c2)n1. The van der Waals surface area contributed by atoms with Crippen LogP contribution < -0.4 is 5.32 Å². The minimum Gasteiger partial charge on any atom is -0.306 e. The number of rotatable bonds is 5. The van der Waals surface area contributed by atoms with Crippen molar-refractivity contribution in [1.82, 2.24) is 29.5 Å². The molecule has 174 valence electrons. The van der Waals surface area contributed by atoms with E-state index in [0.29, 0.717) is 38.9 Å². The van der Waals surface area contributed by atoms with Gasteiger partial charge in [-0.1, -0.05) is 23.7 Å². The van der Waals surface area contributed by atoms with E-state index < -0.39 is 10.8 Å². The number of nitro benzene ring substituents is 1. The van der Waals surface area contributed by atoms with Gasteiger partial charge in [-0.25, -0.2) is 14.6 Å². The Labute approximate surface area is 203 Å². The average molecular weight is 489 g/mol. The van der Waals surface area contributed by atoms with Crippen LogP contribution in [-0.4, -0.2) is 40.4 Å². The maximum atomic E-state index is 12.9. The first-order valence-electron chi connectivity index (χ1n) is 10.4. The predicted molar refractivity (Wildman–Crippen MR) is 129 cm³/mol. The number of nitrogens with zero attached hydrogens (tertiary/aromatic N) is 7. The number of aromatic nitrogens is 6. The molecule has 3 heterocycles. The molecule has 12 heteroatoms. The van der Waals surface area contributed by atoms with Gasteiger partial charge in [0.2, 0.25) is 0 Å². The first-order valence-corrected chi connectivity index (χ1v) is 10.8. The fraction of sp³-hybridized carbons (Fsp3) is 0.0870. The van der Waals surface area contributed by atoms with Crippen LogP contribution in [0.5, 0.6) is 0 Å². The van der Waals surface area contributed by atoms with Crippen LogP contribution in [0.25, 0.3) is 22.5 Å². The molecule has 3 aromatic heterocycles. The van der Waals surface area contributed by atoms with Crippen molar-refractivity contribution < 1.29 is 9.72 Å². The highest BCUT2D eigenvalue weighted by Gasteiger charge is 2.20. The van der Waals surface area contributed by atoms with E-state index in [-0.39, 0.29) is 11.3 Å². The van der Waals surface area contributed by atoms with Crippen molar-refractivity contribution in [3.63, 3.8) is 0 Å². The summed E-state index contributed by atoms with van der Waals surface area (Å²) in [6, 6.07) is 13.2. The quantitative estimate of drug-likeness (QED) is 0.285. The molecule has 0 radical (unpaired) electrons. The monoisotopic (exact) mass is 488 g/mol. The number of hydrogen-bond acceptors (Lipinski definition) is 7. The van der Waals surface area contributed by atoms with Crippen LogP contribution in [0.2, 0.25) is 5.02 Å². The van der Waals surface area contributed by atoms with E-state index >= 15 is 0 Å². The molecule has 0 spiro atoms. The normalized spacial score (nSPS) is 11.1. The van der Waals surface area contributed by atoms with Gasteiger partial charge in [0.25, 0.3) is 11.6 Å². The summed E-state index contributed by atoms with van der Waals surface area (Å²) in [5.41, 5.74) is 2.36. The van der Waals surface area contributed by atoms with E-state index in [4.69, 9.17) is 11.6 Å². The molecule has 1 N–H and O–H groups in total. The molecule has 1 amide bonds. The van der Waals surface area contributed by atoms with Crippen molar-refractivity contribution in [2.24, 2.45) is 0 Å².